The second-order valence-corrected chi connectivity index (χ2v) is 7.14. The lowest BCUT2D eigenvalue weighted by molar-refractivity contribution is 0.0732. The number of hydrogen-bond acceptors (Lipinski definition) is 7. The lowest BCUT2D eigenvalue weighted by Gasteiger charge is -2.22. The van der Waals surface area contributed by atoms with Crippen molar-refractivity contribution in [3.8, 4) is 0 Å². The molecule has 1 atom stereocenters. The van der Waals surface area contributed by atoms with E-state index in [1.807, 2.05) is 24.2 Å². The molecule has 4 heterocycles. The first kappa shape index (κ1) is 18.5. The minimum atomic E-state index is -0.115. The molecule has 1 amide bonds. The summed E-state index contributed by atoms with van der Waals surface area (Å²) in [5.74, 6) is -0.0797. The number of carbonyl (C=O) groups is 1. The van der Waals surface area contributed by atoms with Crippen LogP contribution in [0.2, 0.25) is 0 Å². The molecule has 1 fully saturated rings. The summed E-state index contributed by atoms with van der Waals surface area (Å²) in [5, 5.41) is 12.2. The molecule has 9 nitrogen and oxygen atoms in total. The molecule has 1 saturated heterocycles. The average Bonchev–Trinajstić information content (AvgIpc) is 3.44. The molecule has 0 unspecified atom stereocenters. The monoisotopic (exact) mass is 383 g/mol. The maximum Gasteiger partial charge on any atom is 0.259 e. The van der Waals surface area contributed by atoms with Gasteiger partial charge in [0.1, 0.15) is 17.0 Å². The van der Waals surface area contributed by atoms with Gasteiger partial charge in [0, 0.05) is 31.0 Å². The van der Waals surface area contributed by atoms with Crippen molar-refractivity contribution in [1.29, 1.82) is 0 Å². The van der Waals surface area contributed by atoms with E-state index in [-0.39, 0.29) is 11.9 Å². The first-order valence-corrected chi connectivity index (χ1v) is 9.77. The summed E-state index contributed by atoms with van der Waals surface area (Å²) < 4.78 is 6.53. The van der Waals surface area contributed by atoms with Crippen molar-refractivity contribution in [3.63, 3.8) is 0 Å². The number of aromatic nitrogens is 5. The van der Waals surface area contributed by atoms with E-state index in [1.165, 1.54) is 0 Å². The molecule has 4 rings (SSSR count). The fourth-order valence-corrected chi connectivity index (χ4v) is 3.84. The molecular formula is C19H25N7O2. The summed E-state index contributed by atoms with van der Waals surface area (Å²) in [4.78, 5) is 21.9. The summed E-state index contributed by atoms with van der Waals surface area (Å²) >= 11 is 0. The van der Waals surface area contributed by atoms with Gasteiger partial charge in [0.05, 0.1) is 12.2 Å². The van der Waals surface area contributed by atoms with Crippen LogP contribution in [-0.2, 0) is 6.54 Å². The van der Waals surface area contributed by atoms with Crippen LogP contribution >= 0.6 is 0 Å². The molecule has 0 spiro atoms. The Morgan fingerprint density at radius 2 is 2.11 bits per heavy atom. The Labute approximate surface area is 163 Å². The zero-order valence-corrected chi connectivity index (χ0v) is 16.5. The summed E-state index contributed by atoms with van der Waals surface area (Å²) in [6.45, 7) is 9.56. The van der Waals surface area contributed by atoms with Crippen molar-refractivity contribution in [2.45, 2.75) is 46.2 Å². The molecule has 0 radical (unpaired) electrons. The highest BCUT2D eigenvalue weighted by molar-refractivity contribution is 6.00. The van der Waals surface area contributed by atoms with Gasteiger partial charge in [0.25, 0.3) is 5.91 Å². The topological polar surface area (TPSA) is 92.7 Å². The largest absolute Gasteiger partial charge is 0.330 e. The number of carbonyl (C=O) groups excluding carboxylic acids is 1. The quantitative estimate of drug-likeness (QED) is 0.644. The van der Waals surface area contributed by atoms with Crippen molar-refractivity contribution in [3.05, 3.63) is 41.1 Å². The van der Waals surface area contributed by atoms with Crippen LogP contribution in [0.5, 0.6) is 0 Å². The van der Waals surface area contributed by atoms with Crippen LogP contribution in [0.25, 0.3) is 5.65 Å². The van der Waals surface area contributed by atoms with Crippen LogP contribution in [-0.4, -0.2) is 60.3 Å². The molecule has 28 heavy (non-hydrogen) atoms. The summed E-state index contributed by atoms with van der Waals surface area (Å²) in [5.41, 5.74) is 3.62. The van der Waals surface area contributed by atoms with E-state index in [0.29, 0.717) is 17.8 Å². The van der Waals surface area contributed by atoms with Gasteiger partial charge >= 0.3 is 0 Å². The van der Waals surface area contributed by atoms with Crippen LogP contribution in [0.1, 0.15) is 60.0 Å². The van der Waals surface area contributed by atoms with E-state index in [2.05, 4.69) is 39.1 Å². The Hall–Kier alpha value is -2.81. The van der Waals surface area contributed by atoms with E-state index < -0.39 is 0 Å². The van der Waals surface area contributed by atoms with Crippen LogP contribution < -0.4 is 0 Å². The maximum atomic E-state index is 13.2. The van der Waals surface area contributed by atoms with Crippen molar-refractivity contribution in [2.24, 2.45) is 0 Å². The Morgan fingerprint density at radius 1 is 1.29 bits per heavy atom. The van der Waals surface area contributed by atoms with Gasteiger partial charge in [-0.1, -0.05) is 24.2 Å². The van der Waals surface area contributed by atoms with Crippen molar-refractivity contribution >= 4 is 11.6 Å². The number of amides is 1. The smallest absolute Gasteiger partial charge is 0.259 e. The molecule has 0 saturated carbocycles. The standard InChI is InChI=1S/C19H25N7O2/c1-4-24(5-2)11-14-9-20-18-15(10-21-26(18)12-14)19(27)25-8-6-7-16(25)17-13(3)22-28-23-17/h9-10,12,16H,4-8,11H2,1-3H3/t16-/m0/s1. The van der Waals surface area contributed by atoms with Gasteiger partial charge in [-0.15, -0.1) is 0 Å². The van der Waals surface area contributed by atoms with Gasteiger partial charge in [0.2, 0.25) is 0 Å². The summed E-state index contributed by atoms with van der Waals surface area (Å²) in [6, 6.07) is -0.115. The van der Waals surface area contributed by atoms with Gasteiger partial charge in [-0.25, -0.2) is 14.1 Å². The van der Waals surface area contributed by atoms with Crippen molar-refractivity contribution in [2.75, 3.05) is 19.6 Å². The number of rotatable bonds is 6. The van der Waals surface area contributed by atoms with E-state index in [4.69, 9.17) is 4.63 Å². The summed E-state index contributed by atoms with van der Waals surface area (Å²) in [6.07, 6.45) is 7.16. The number of nitrogens with zero attached hydrogens (tertiary/aromatic N) is 7. The molecular weight excluding hydrogens is 358 g/mol. The Bertz CT molecular complexity index is 976. The molecule has 1 aliphatic rings. The molecule has 148 valence electrons. The zero-order valence-electron chi connectivity index (χ0n) is 16.5. The van der Waals surface area contributed by atoms with Crippen molar-refractivity contribution in [1.82, 2.24) is 34.7 Å². The minimum absolute atomic E-state index is 0.0797. The predicted molar refractivity (Wildman–Crippen MR) is 102 cm³/mol. The number of hydrogen-bond donors (Lipinski definition) is 0. The van der Waals surface area contributed by atoms with Gasteiger partial charge < -0.3 is 4.90 Å². The molecule has 0 N–H and O–H groups in total. The van der Waals surface area contributed by atoms with E-state index in [0.717, 1.165) is 49.4 Å². The fourth-order valence-electron chi connectivity index (χ4n) is 3.84. The Balaban J connectivity index is 1.60. The maximum absolute atomic E-state index is 13.2. The van der Waals surface area contributed by atoms with Gasteiger partial charge in [-0.3, -0.25) is 9.69 Å². The third-order valence-electron chi connectivity index (χ3n) is 5.46. The highest BCUT2D eigenvalue weighted by atomic mass is 16.6. The van der Waals surface area contributed by atoms with Gasteiger partial charge in [0.15, 0.2) is 5.65 Å². The van der Waals surface area contributed by atoms with E-state index in [9.17, 15) is 4.79 Å². The van der Waals surface area contributed by atoms with E-state index in [1.54, 1.807) is 10.7 Å². The minimum Gasteiger partial charge on any atom is -0.330 e. The SMILES string of the molecule is CCN(CC)Cc1cnc2c(C(=O)N3CCC[C@H]3c3nonc3C)cnn2c1. The molecule has 0 aromatic carbocycles. The van der Waals surface area contributed by atoms with E-state index >= 15 is 0 Å². The Morgan fingerprint density at radius 3 is 2.82 bits per heavy atom. The van der Waals surface area contributed by atoms with Crippen LogP contribution in [0, 0.1) is 6.92 Å². The second-order valence-electron chi connectivity index (χ2n) is 7.14. The third kappa shape index (κ3) is 3.26. The molecule has 0 bridgehead atoms. The van der Waals surface area contributed by atoms with Gasteiger partial charge in [-0.05, 0) is 32.9 Å². The first-order valence-electron chi connectivity index (χ1n) is 9.77. The first-order chi connectivity index (χ1) is 13.6. The highest BCUT2D eigenvalue weighted by Crippen LogP contribution is 2.33. The van der Waals surface area contributed by atoms with Crippen LogP contribution in [0.15, 0.2) is 23.2 Å². The highest BCUT2D eigenvalue weighted by Gasteiger charge is 2.35. The fraction of sp³-hybridized carbons (Fsp3) is 0.526. The number of fused-ring (bicyclic) bond motifs is 1. The average molecular weight is 383 g/mol. The van der Waals surface area contributed by atoms with Gasteiger partial charge in [-0.2, -0.15) is 5.10 Å². The molecule has 3 aromatic rings. The molecule has 3 aromatic heterocycles. The lowest BCUT2D eigenvalue weighted by atomic mass is 10.1. The van der Waals surface area contributed by atoms with Crippen LogP contribution in [0.4, 0.5) is 0 Å². The van der Waals surface area contributed by atoms with Crippen molar-refractivity contribution < 1.29 is 9.42 Å². The predicted octanol–water partition coefficient (Wildman–Crippen LogP) is 2.24. The summed E-state index contributed by atoms with van der Waals surface area (Å²) in [7, 11) is 0. The number of aryl methyl sites for hydroxylation is 1. The molecule has 0 aliphatic carbocycles. The molecule has 9 heteroatoms. The van der Waals surface area contributed by atoms with Crippen LogP contribution in [0.3, 0.4) is 0 Å². The third-order valence-corrected chi connectivity index (χ3v) is 5.46. The number of likely N-dealkylation sites (tertiary alicyclic amines) is 1. The lowest BCUT2D eigenvalue weighted by Crippen LogP contribution is -2.31. The Kier molecular flexibility index (Phi) is 5.08. The normalized spacial score (nSPS) is 17.1. The second kappa shape index (κ2) is 7.67. The molecule has 1 aliphatic heterocycles. The zero-order chi connectivity index (χ0) is 19.7.